The third kappa shape index (κ3) is 5.33. The van der Waals surface area contributed by atoms with E-state index in [2.05, 4.69) is 5.32 Å². The lowest BCUT2D eigenvalue weighted by Gasteiger charge is -2.11. The third-order valence-corrected chi connectivity index (χ3v) is 5.09. The van der Waals surface area contributed by atoms with Crippen molar-refractivity contribution in [3.63, 3.8) is 0 Å². The Morgan fingerprint density at radius 3 is 2.46 bits per heavy atom. The number of carbonyl (C=O) groups excluding carboxylic acids is 2. The molecule has 0 aliphatic heterocycles. The van der Waals surface area contributed by atoms with Gasteiger partial charge in [0.05, 0.1) is 14.2 Å². The lowest BCUT2D eigenvalue weighted by molar-refractivity contribution is -0.121. The first-order valence-electron chi connectivity index (χ1n) is 8.52. The van der Waals surface area contributed by atoms with Gasteiger partial charge < -0.3 is 14.8 Å². The quantitative estimate of drug-likeness (QED) is 0.679. The van der Waals surface area contributed by atoms with Crippen LogP contribution in [-0.4, -0.2) is 32.5 Å². The van der Waals surface area contributed by atoms with Crippen molar-refractivity contribution < 1.29 is 19.1 Å². The van der Waals surface area contributed by atoms with Gasteiger partial charge in [-0.2, -0.15) is 0 Å². The molecule has 1 aromatic heterocycles. The van der Waals surface area contributed by atoms with E-state index in [0.717, 1.165) is 32.4 Å². The predicted octanol–water partition coefficient (Wildman–Crippen LogP) is 3.70. The molecule has 0 saturated carbocycles. The van der Waals surface area contributed by atoms with Gasteiger partial charge in [0.25, 0.3) is 0 Å². The topological polar surface area (TPSA) is 64.6 Å². The Morgan fingerprint density at radius 2 is 1.85 bits per heavy atom. The average molecular weight is 375 g/mol. The summed E-state index contributed by atoms with van der Waals surface area (Å²) in [6.45, 7) is 4.40. The van der Waals surface area contributed by atoms with Crippen LogP contribution in [0.1, 0.15) is 38.5 Å². The van der Waals surface area contributed by atoms with Crippen LogP contribution in [0.3, 0.4) is 0 Å². The molecule has 1 heterocycles. The van der Waals surface area contributed by atoms with E-state index in [1.807, 2.05) is 38.1 Å². The Kier molecular flexibility index (Phi) is 7.21. The van der Waals surface area contributed by atoms with E-state index in [0.29, 0.717) is 13.0 Å². The number of amides is 1. The van der Waals surface area contributed by atoms with E-state index >= 15 is 0 Å². The molecule has 0 aliphatic carbocycles. The molecule has 0 saturated heterocycles. The van der Waals surface area contributed by atoms with Crippen LogP contribution in [0.5, 0.6) is 11.5 Å². The van der Waals surface area contributed by atoms with Crippen molar-refractivity contribution in [2.45, 2.75) is 33.1 Å². The Hall–Kier alpha value is -2.34. The number of benzene rings is 1. The van der Waals surface area contributed by atoms with E-state index in [-0.39, 0.29) is 24.5 Å². The van der Waals surface area contributed by atoms with Crippen LogP contribution >= 0.6 is 11.3 Å². The maximum Gasteiger partial charge on any atom is 0.220 e. The number of thiophene rings is 1. The van der Waals surface area contributed by atoms with Gasteiger partial charge in [-0.05, 0) is 50.1 Å². The summed E-state index contributed by atoms with van der Waals surface area (Å²) < 4.78 is 10.6. The molecule has 1 amide bonds. The number of ether oxygens (including phenoxy) is 2. The van der Waals surface area contributed by atoms with E-state index < -0.39 is 0 Å². The summed E-state index contributed by atoms with van der Waals surface area (Å²) in [4.78, 5) is 26.4. The second-order valence-corrected chi connectivity index (χ2v) is 7.49. The summed E-state index contributed by atoms with van der Waals surface area (Å²) in [5.74, 6) is 1.42. The lowest BCUT2D eigenvalue weighted by Crippen LogP contribution is -2.26. The number of methoxy groups -OCH3 is 2. The molecule has 0 bridgehead atoms. The number of ketones is 1. The number of nitrogens with one attached hydrogen (secondary N) is 1. The molecule has 1 aromatic carbocycles. The van der Waals surface area contributed by atoms with Crippen molar-refractivity contribution in [2.24, 2.45) is 0 Å². The molecule has 1 N–H and O–H groups in total. The molecule has 0 atom stereocenters. The second-order valence-electron chi connectivity index (χ2n) is 6.03. The van der Waals surface area contributed by atoms with Crippen molar-refractivity contribution in [3.8, 4) is 11.5 Å². The molecule has 2 aromatic rings. The molecule has 2 rings (SSSR count). The van der Waals surface area contributed by atoms with Crippen LogP contribution in [-0.2, 0) is 11.2 Å². The number of aryl methyl sites for hydroxylation is 2. The fraction of sp³-hybridized carbons (Fsp3) is 0.400. The molecule has 0 fully saturated rings. The Labute approximate surface area is 158 Å². The molecule has 140 valence electrons. The highest BCUT2D eigenvalue weighted by Gasteiger charge is 2.14. The van der Waals surface area contributed by atoms with Crippen molar-refractivity contribution in [3.05, 3.63) is 45.1 Å². The first kappa shape index (κ1) is 20.0. The van der Waals surface area contributed by atoms with Crippen LogP contribution in [0.2, 0.25) is 0 Å². The van der Waals surface area contributed by atoms with Crippen LogP contribution in [0.4, 0.5) is 0 Å². The van der Waals surface area contributed by atoms with Gasteiger partial charge in [0.2, 0.25) is 5.91 Å². The van der Waals surface area contributed by atoms with Crippen LogP contribution in [0.15, 0.2) is 24.3 Å². The maximum absolute atomic E-state index is 12.2. The molecule has 26 heavy (non-hydrogen) atoms. The summed E-state index contributed by atoms with van der Waals surface area (Å²) in [7, 11) is 3.23. The Bertz CT molecular complexity index is 782. The number of Topliss-reactive ketones (excluding diaryl/α,β-unsaturated/α-hetero) is 1. The van der Waals surface area contributed by atoms with Crippen molar-refractivity contribution in [1.29, 1.82) is 0 Å². The van der Waals surface area contributed by atoms with Crippen LogP contribution in [0, 0.1) is 13.8 Å². The minimum atomic E-state index is -0.121. The molecule has 6 heteroatoms. The smallest absolute Gasteiger partial charge is 0.220 e. The summed E-state index contributed by atoms with van der Waals surface area (Å²) >= 11 is 1.61. The van der Waals surface area contributed by atoms with Gasteiger partial charge in [0.15, 0.2) is 5.78 Å². The molecule has 0 aliphatic rings. The van der Waals surface area contributed by atoms with Gasteiger partial charge in [-0.3, -0.25) is 9.59 Å². The number of hydrogen-bond acceptors (Lipinski definition) is 5. The molecule has 0 radical (unpaired) electrons. The monoisotopic (exact) mass is 375 g/mol. The van der Waals surface area contributed by atoms with Gasteiger partial charge in [0, 0.05) is 34.7 Å². The van der Waals surface area contributed by atoms with Crippen LogP contribution in [0.25, 0.3) is 0 Å². The Balaban J connectivity index is 1.80. The number of carbonyl (C=O) groups is 2. The van der Waals surface area contributed by atoms with E-state index in [4.69, 9.17) is 9.47 Å². The highest BCUT2D eigenvalue weighted by molar-refractivity contribution is 7.12. The first-order valence-corrected chi connectivity index (χ1v) is 9.34. The van der Waals surface area contributed by atoms with Crippen molar-refractivity contribution in [1.82, 2.24) is 5.32 Å². The predicted molar refractivity (Wildman–Crippen MR) is 104 cm³/mol. The van der Waals surface area contributed by atoms with Crippen molar-refractivity contribution in [2.75, 3.05) is 20.8 Å². The van der Waals surface area contributed by atoms with Crippen molar-refractivity contribution >= 4 is 23.0 Å². The molecular formula is C20H25NO4S. The van der Waals surface area contributed by atoms with Gasteiger partial charge in [-0.15, -0.1) is 11.3 Å². The molecule has 5 nitrogen and oxygen atoms in total. The van der Waals surface area contributed by atoms with Gasteiger partial charge >= 0.3 is 0 Å². The van der Waals surface area contributed by atoms with Gasteiger partial charge in [-0.25, -0.2) is 0 Å². The Morgan fingerprint density at radius 1 is 1.08 bits per heavy atom. The second kappa shape index (κ2) is 9.38. The van der Waals surface area contributed by atoms with E-state index in [9.17, 15) is 9.59 Å². The molecule has 0 spiro atoms. The maximum atomic E-state index is 12.2. The average Bonchev–Trinajstić information content (AvgIpc) is 2.97. The number of rotatable bonds is 9. The van der Waals surface area contributed by atoms with E-state index in [1.54, 1.807) is 25.6 Å². The first-order chi connectivity index (χ1) is 12.4. The van der Waals surface area contributed by atoms with E-state index in [1.165, 1.54) is 0 Å². The molecular weight excluding hydrogens is 350 g/mol. The van der Waals surface area contributed by atoms with Gasteiger partial charge in [0.1, 0.15) is 11.5 Å². The zero-order chi connectivity index (χ0) is 19.1. The summed E-state index contributed by atoms with van der Waals surface area (Å²) in [6.07, 6.45) is 1.05. The summed E-state index contributed by atoms with van der Waals surface area (Å²) in [5, 5.41) is 2.86. The fourth-order valence-electron chi connectivity index (χ4n) is 2.77. The zero-order valence-electron chi connectivity index (χ0n) is 15.7. The minimum Gasteiger partial charge on any atom is -0.497 e. The molecule has 0 unspecified atom stereocenters. The van der Waals surface area contributed by atoms with Gasteiger partial charge in [-0.1, -0.05) is 0 Å². The summed E-state index contributed by atoms with van der Waals surface area (Å²) in [6, 6.07) is 7.48. The fourth-order valence-corrected chi connectivity index (χ4v) is 3.71. The highest BCUT2D eigenvalue weighted by atomic mass is 32.1. The summed E-state index contributed by atoms with van der Waals surface area (Å²) in [5.41, 5.74) is 1.70. The lowest BCUT2D eigenvalue weighted by atomic mass is 10.1. The highest BCUT2D eigenvalue weighted by Crippen LogP contribution is 2.24. The van der Waals surface area contributed by atoms with Crippen LogP contribution < -0.4 is 14.8 Å². The SMILES string of the molecule is COc1ccc(OC)c(CCNC(=O)CCC(=O)c2cc(C)sc2C)c1. The standard InChI is InChI=1S/C20H25NO4S/c1-13-11-17(14(2)26-13)18(22)6-8-20(23)21-10-9-15-12-16(24-3)5-7-19(15)25-4/h5,7,11-12H,6,8-10H2,1-4H3,(H,21,23). The zero-order valence-corrected chi connectivity index (χ0v) is 16.5. The minimum absolute atomic E-state index is 0.0245. The third-order valence-electron chi connectivity index (χ3n) is 4.12. The normalized spacial score (nSPS) is 10.5. The largest absolute Gasteiger partial charge is 0.497 e. The number of hydrogen-bond donors (Lipinski definition) is 1.